The van der Waals surface area contributed by atoms with Crippen molar-refractivity contribution in [2.24, 2.45) is 0 Å². The summed E-state index contributed by atoms with van der Waals surface area (Å²) >= 11 is 5.15. The average Bonchev–Trinajstić information content (AvgIpc) is 3.18. The molecular formula is C13H14BN5O5PS+. The first-order valence-electron chi connectivity index (χ1n) is 7.74. The number of hydrogen-bond donors (Lipinski definition) is 2. The highest BCUT2D eigenvalue weighted by atomic mass is 32.1. The Morgan fingerprint density at radius 1 is 1.58 bits per heavy atom. The predicted molar refractivity (Wildman–Crippen MR) is 93.5 cm³/mol. The van der Waals surface area contributed by atoms with E-state index < -0.39 is 32.4 Å². The molecule has 13 heteroatoms. The van der Waals surface area contributed by atoms with E-state index in [1.807, 2.05) is 0 Å². The molecule has 0 bridgehead atoms. The van der Waals surface area contributed by atoms with Crippen molar-refractivity contribution in [3.63, 3.8) is 0 Å². The Hall–Kier alpha value is -1.45. The Bertz CT molecular complexity index is 920. The van der Waals surface area contributed by atoms with Crippen molar-refractivity contribution >= 4 is 38.8 Å². The summed E-state index contributed by atoms with van der Waals surface area (Å²) in [5.41, 5.74) is 1.09. The molecule has 2 aromatic rings. The second-order valence-corrected chi connectivity index (χ2v) is 7.93. The molecule has 2 radical (unpaired) electrons. The van der Waals surface area contributed by atoms with Gasteiger partial charge in [0.1, 0.15) is 30.0 Å². The Labute approximate surface area is 155 Å². The first-order valence-corrected chi connectivity index (χ1v) is 9.76. The van der Waals surface area contributed by atoms with Gasteiger partial charge in [-0.2, -0.15) is 13.6 Å². The molecule has 0 saturated carbocycles. The highest BCUT2D eigenvalue weighted by Gasteiger charge is 2.58. The van der Waals surface area contributed by atoms with Crippen molar-refractivity contribution in [1.29, 1.82) is 0 Å². The maximum Gasteiger partial charge on any atom is 0.488 e. The van der Waals surface area contributed by atoms with Crippen molar-refractivity contribution in [2.45, 2.75) is 24.5 Å². The van der Waals surface area contributed by atoms with Gasteiger partial charge in [-0.3, -0.25) is 4.57 Å². The number of nitrogens with zero attached hydrogens (tertiary/aromatic N) is 4. The van der Waals surface area contributed by atoms with E-state index in [2.05, 4.69) is 19.8 Å². The van der Waals surface area contributed by atoms with Crippen LogP contribution in [0.2, 0.25) is 0 Å². The van der Waals surface area contributed by atoms with Gasteiger partial charge in [0.05, 0.1) is 12.7 Å². The predicted octanol–water partition coefficient (Wildman–Crippen LogP) is 0.945. The monoisotopic (exact) mass is 394 g/mol. The van der Waals surface area contributed by atoms with Crippen LogP contribution in [0.25, 0.3) is 16.0 Å². The molecule has 2 saturated heterocycles. The van der Waals surface area contributed by atoms with E-state index in [9.17, 15) is 5.11 Å². The van der Waals surface area contributed by atoms with Gasteiger partial charge >= 0.3 is 15.4 Å². The third kappa shape index (κ3) is 3.06. The van der Waals surface area contributed by atoms with Crippen molar-refractivity contribution in [2.75, 3.05) is 19.8 Å². The first kappa shape index (κ1) is 17.9. The van der Waals surface area contributed by atoms with Gasteiger partial charge in [-0.25, -0.2) is 16.5 Å². The third-order valence-corrected chi connectivity index (χ3v) is 6.01. The van der Waals surface area contributed by atoms with Crippen LogP contribution in [-0.2, 0) is 18.3 Å². The highest BCUT2D eigenvalue weighted by molar-refractivity contribution is 7.85. The fourth-order valence-electron chi connectivity index (χ4n) is 2.94. The van der Waals surface area contributed by atoms with Gasteiger partial charge < -0.3 is 19.7 Å². The molecule has 2 unspecified atom stereocenters. The summed E-state index contributed by atoms with van der Waals surface area (Å²) in [5.74, 6) is 0. The topological polar surface area (TPSA) is 108 Å². The van der Waals surface area contributed by atoms with Crippen LogP contribution in [-0.4, -0.2) is 70.3 Å². The average molecular weight is 394 g/mol. The summed E-state index contributed by atoms with van der Waals surface area (Å²) in [6.07, 6.45) is -0.0498. The van der Waals surface area contributed by atoms with Crippen LogP contribution in [0.5, 0.6) is 0 Å². The summed E-state index contributed by atoms with van der Waals surface area (Å²) in [6, 6.07) is 0. The second kappa shape index (κ2) is 6.94. The van der Waals surface area contributed by atoms with E-state index in [1.54, 1.807) is 4.57 Å². The van der Waals surface area contributed by atoms with Crippen LogP contribution in [0.4, 0.5) is 0 Å². The van der Waals surface area contributed by atoms with Crippen molar-refractivity contribution in [3.8, 4) is 0 Å². The molecule has 4 heterocycles. The molecule has 0 aromatic carbocycles. The molecular weight excluding hydrogens is 380 g/mol. The van der Waals surface area contributed by atoms with Crippen LogP contribution < -0.4 is 0 Å². The van der Waals surface area contributed by atoms with Crippen molar-refractivity contribution < 1.29 is 23.4 Å². The molecule has 2 fully saturated rings. The fraction of sp³-hybridized carbons (Fsp3) is 0.538. The van der Waals surface area contributed by atoms with Gasteiger partial charge in [0.25, 0.3) is 0 Å². The van der Waals surface area contributed by atoms with E-state index in [-0.39, 0.29) is 19.8 Å². The van der Waals surface area contributed by atoms with Gasteiger partial charge in [0.15, 0.2) is 23.6 Å². The second-order valence-electron chi connectivity index (χ2n) is 5.73. The lowest BCUT2D eigenvalue weighted by atomic mass is 10.1. The number of aromatic amines is 1. The zero-order valence-electron chi connectivity index (χ0n) is 13.4. The van der Waals surface area contributed by atoms with E-state index in [0.717, 1.165) is 0 Å². The maximum atomic E-state index is 10.7. The summed E-state index contributed by atoms with van der Waals surface area (Å²) < 4.78 is 24.5. The molecule has 2 aliphatic rings. The first-order chi connectivity index (χ1) is 12.5. The lowest BCUT2D eigenvalue weighted by molar-refractivity contribution is -0.0629. The van der Waals surface area contributed by atoms with Crippen LogP contribution in [0.3, 0.4) is 0 Å². The van der Waals surface area contributed by atoms with Gasteiger partial charge in [-0.15, -0.1) is 0 Å². The number of aromatic nitrogens is 4. The number of fused-ring (bicyclic) bond motifs is 2. The summed E-state index contributed by atoms with van der Waals surface area (Å²) in [5, 5.41) is 10.7. The van der Waals surface area contributed by atoms with E-state index in [1.165, 1.54) is 12.7 Å². The van der Waals surface area contributed by atoms with Crippen LogP contribution in [0, 0.1) is 11.2 Å². The normalized spacial score (nSPS) is 33.8. The zero-order valence-corrected chi connectivity index (χ0v) is 15.1. The summed E-state index contributed by atoms with van der Waals surface area (Å²) in [4.78, 5) is 14.4. The Morgan fingerprint density at radius 2 is 2.42 bits per heavy atom. The molecule has 2 aromatic heterocycles. The van der Waals surface area contributed by atoms with E-state index in [4.69, 9.17) is 44.7 Å². The number of aliphatic hydroxyl groups excluding tert-OH is 1. The molecule has 0 spiro atoms. The number of ether oxygens (including phenoxy) is 1. The molecule has 2 aliphatic heterocycles. The lowest BCUT2D eigenvalue weighted by Crippen LogP contribution is -2.41. The Morgan fingerprint density at radius 3 is 3.23 bits per heavy atom. The highest BCUT2D eigenvalue weighted by Crippen LogP contribution is 2.62. The standard InChI is InChI=1S/C13H14BN5O5PS/c1-15-2-3-21-25(14)22-4-7-10(24-25)9(20)13(23-7)19-6-18-8-11(19)16-5-17-12(8)26/h5-7,9-10,13,20H,2-4H2,(H,16,17,26)/q+1/t7-,9?,10+,13-,25?/m1/s1. The van der Waals surface area contributed by atoms with Crippen LogP contribution in [0.1, 0.15) is 6.23 Å². The van der Waals surface area contributed by atoms with Crippen molar-refractivity contribution in [3.05, 3.63) is 28.7 Å². The van der Waals surface area contributed by atoms with Crippen molar-refractivity contribution in [1.82, 2.24) is 19.5 Å². The lowest BCUT2D eigenvalue weighted by Gasteiger charge is -2.30. The molecule has 26 heavy (non-hydrogen) atoms. The number of H-pyrrole nitrogens is 1. The minimum atomic E-state index is -3.10. The van der Waals surface area contributed by atoms with Gasteiger partial charge in [-0.1, -0.05) is 12.2 Å². The minimum Gasteiger partial charge on any atom is -0.385 e. The molecule has 0 aliphatic carbocycles. The zero-order chi connectivity index (χ0) is 18.3. The number of rotatable bonds is 4. The maximum absolute atomic E-state index is 10.7. The Balaban J connectivity index is 1.56. The van der Waals surface area contributed by atoms with E-state index >= 15 is 0 Å². The molecule has 134 valence electrons. The van der Waals surface area contributed by atoms with Gasteiger partial charge in [0.2, 0.25) is 6.54 Å². The summed E-state index contributed by atoms with van der Waals surface area (Å²) in [7, 11) is 2.92. The van der Waals surface area contributed by atoms with E-state index in [0.29, 0.717) is 15.8 Å². The summed E-state index contributed by atoms with van der Waals surface area (Å²) in [6.45, 7) is 7.14. The van der Waals surface area contributed by atoms with Crippen LogP contribution >= 0.6 is 20.0 Å². The molecule has 5 atom stereocenters. The number of hydrogen-bond acceptors (Lipinski definition) is 8. The third-order valence-electron chi connectivity index (χ3n) is 4.12. The van der Waals surface area contributed by atoms with Crippen LogP contribution in [0.15, 0.2) is 12.7 Å². The fourth-order valence-corrected chi connectivity index (χ4v) is 4.63. The largest absolute Gasteiger partial charge is 0.488 e. The molecule has 0 amide bonds. The number of nitrogens with one attached hydrogen (secondary N) is 1. The molecule has 2 N–H and O–H groups in total. The number of imidazole rings is 1. The quantitative estimate of drug-likeness (QED) is 0.260. The molecule has 10 nitrogen and oxygen atoms in total. The smallest absolute Gasteiger partial charge is 0.385 e. The van der Waals surface area contributed by atoms with Gasteiger partial charge in [0, 0.05) is 0 Å². The molecule has 4 rings (SSSR count). The Kier molecular flexibility index (Phi) is 4.79. The minimum absolute atomic E-state index is 0.0985. The number of aliphatic hydroxyl groups is 1. The van der Waals surface area contributed by atoms with Gasteiger partial charge in [-0.05, 0) is 0 Å². The SMILES string of the molecule is [B][P+]1(OCC[N+]#[C-])OC[C@H]2O[C@@H](n3cnc4c(=S)nc[nH]c43)C(O)[C@H]2O1.